The number of carbonyl (C=O) groups is 1. The second kappa shape index (κ2) is 5.54. The van der Waals surface area contributed by atoms with Crippen LogP contribution in [0, 0.1) is 0 Å². The van der Waals surface area contributed by atoms with Crippen LogP contribution >= 0.6 is 0 Å². The Labute approximate surface area is 119 Å². The number of hydrogen-bond acceptors (Lipinski definition) is 3. The number of aliphatic carboxylic acids is 1. The molecule has 2 unspecified atom stereocenters. The first kappa shape index (κ1) is 13.6. The molecule has 1 saturated heterocycles. The first-order chi connectivity index (χ1) is 9.69. The maximum absolute atomic E-state index is 11.5. The van der Waals surface area contributed by atoms with Crippen molar-refractivity contribution in [3.63, 3.8) is 0 Å². The van der Waals surface area contributed by atoms with Crippen molar-refractivity contribution in [2.45, 2.75) is 49.8 Å². The minimum atomic E-state index is -0.814. The molecule has 2 N–H and O–H groups in total. The van der Waals surface area contributed by atoms with Crippen LogP contribution in [0.25, 0.3) is 0 Å². The molecule has 1 heterocycles. The van der Waals surface area contributed by atoms with Gasteiger partial charge in [-0.3, -0.25) is 10.1 Å². The Hall–Kier alpha value is -1.39. The minimum Gasteiger partial charge on any atom is -0.480 e. The topological polar surface area (TPSA) is 58.6 Å². The SMILES string of the molecule is O=C(O)C(NC1CCOC2(CCC2)C1)c1ccccc1. The van der Waals surface area contributed by atoms with Gasteiger partial charge < -0.3 is 9.84 Å². The molecule has 4 nitrogen and oxygen atoms in total. The van der Waals surface area contributed by atoms with E-state index in [1.54, 1.807) is 0 Å². The van der Waals surface area contributed by atoms with Gasteiger partial charge in [0.05, 0.1) is 5.60 Å². The third kappa shape index (κ3) is 2.72. The molecule has 0 radical (unpaired) electrons. The van der Waals surface area contributed by atoms with Gasteiger partial charge in [0.25, 0.3) is 0 Å². The third-order valence-electron chi connectivity index (χ3n) is 4.54. The van der Waals surface area contributed by atoms with Crippen LogP contribution in [-0.4, -0.2) is 29.3 Å². The highest BCUT2D eigenvalue weighted by Crippen LogP contribution is 2.42. The van der Waals surface area contributed by atoms with E-state index in [1.165, 1.54) is 6.42 Å². The summed E-state index contributed by atoms with van der Waals surface area (Å²) in [7, 11) is 0. The van der Waals surface area contributed by atoms with Gasteiger partial charge >= 0.3 is 5.97 Å². The molecule has 1 saturated carbocycles. The lowest BCUT2D eigenvalue weighted by molar-refractivity contribution is -0.145. The van der Waals surface area contributed by atoms with E-state index in [0.717, 1.165) is 37.9 Å². The van der Waals surface area contributed by atoms with Crippen LogP contribution in [0.2, 0.25) is 0 Å². The number of hydrogen-bond donors (Lipinski definition) is 2. The number of benzene rings is 1. The number of carboxylic acids is 1. The molecule has 4 heteroatoms. The van der Waals surface area contributed by atoms with Crippen molar-refractivity contribution >= 4 is 5.97 Å². The Kier molecular flexibility index (Phi) is 3.76. The van der Waals surface area contributed by atoms with Crippen LogP contribution in [0.5, 0.6) is 0 Å². The van der Waals surface area contributed by atoms with Crippen molar-refractivity contribution in [1.29, 1.82) is 0 Å². The lowest BCUT2D eigenvalue weighted by atomic mass is 9.74. The molecule has 0 bridgehead atoms. The Morgan fingerprint density at radius 1 is 1.35 bits per heavy atom. The predicted molar refractivity (Wildman–Crippen MR) is 75.5 cm³/mol. The van der Waals surface area contributed by atoms with Crippen molar-refractivity contribution in [2.24, 2.45) is 0 Å². The smallest absolute Gasteiger partial charge is 0.325 e. The van der Waals surface area contributed by atoms with Gasteiger partial charge in [0.2, 0.25) is 0 Å². The average molecular weight is 275 g/mol. The second-order valence-corrected chi connectivity index (χ2v) is 5.92. The molecule has 2 aliphatic rings. The summed E-state index contributed by atoms with van der Waals surface area (Å²) in [5.41, 5.74) is 0.851. The molecule has 1 aromatic carbocycles. The van der Waals surface area contributed by atoms with Crippen molar-refractivity contribution in [2.75, 3.05) is 6.61 Å². The van der Waals surface area contributed by atoms with Gasteiger partial charge in [-0.05, 0) is 37.7 Å². The largest absolute Gasteiger partial charge is 0.480 e. The molecule has 2 atom stereocenters. The summed E-state index contributed by atoms with van der Waals surface area (Å²) in [6.45, 7) is 0.735. The maximum Gasteiger partial charge on any atom is 0.325 e. The van der Waals surface area contributed by atoms with E-state index < -0.39 is 12.0 Å². The number of nitrogens with one attached hydrogen (secondary N) is 1. The zero-order valence-electron chi connectivity index (χ0n) is 11.5. The maximum atomic E-state index is 11.5. The van der Waals surface area contributed by atoms with E-state index in [0.29, 0.717) is 0 Å². The van der Waals surface area contributed by atoms with Crippen LogP contribution < -0.4 is 5.32 Å². The third-order valence-corrected chi connectivity index (χ3v) is 4.54. The second-order valence-electron chi connectivity index (χ2n) is 5.92. The molecule has 0 amide bonds. The average Bonchev–Trinajstić information content (AvgIpc) is 2.44. The fourth-order valence-electron chi connectivity index (χ4n) is 3.28. The standard InChI is InChI=1S/C16H21NO3/c18-15(19)14(12-5-2-1-3-6-12)17-13-7-10-20-16(11-13)8-4-9-16/h1-3,5-6,13-14,17H,4,7-11H2,(H,18,19). The van der Waals surface area contributed by atoms with Gasteiger partial charge in [-0.1, -0.05) is 30.3 Å². The van der Waals surface area contributed by atoms with Crippen LogP contribution in [0.4, 0.5) is 0 Å². The van der Waals surface area contributed by atoms with E-state index >= 15 is 0 Å². The molecular formula is C16H21NO3. The van der Waals surface area contributed by atoms with Crippen LogP contribution in [-0.2, 0) is 9.53 Å². The van der Waals surface area contributed by atoms with Crippen molar-refractivity contribution in [1.82, 2.24) is 5.32 Å². The zero-order valence-corrected chi connectivity index (χ0v) is 11.5. The summed E-state index contributed by atoms with van der Waals surface area (Å²) >= 11 is 0. The quantitative estimate of drug-likeness (QED) is 0.886. The molecule has 108 valence electrons. The lowest BCUT2D eigenvalue weighted by Gasteiger charge is -2.47. The van der Waals surface area contributed by atoms with E-state index in [4.69, 9.17) is 4.74 Å². The predicted octanol–water partition coefficient (Wildman–Crippen LogP) is 2.50. The Bertz CT molecular complexity index is 470. The normalized spacial score (nSPS) is 25.9. The summed E-state index contributed by atoms with van der Waals surface area (Å²) in [4.78, 5) is 11.5. The summed E-state index contributed by atoms with van der Waals surface area (Å²) in [5.74, 6) is -0.814. The minimum absolute atomic E-state index is 0.0374. The van der Waals surface area contributed by atoms with Crippen molar-refractivity contribution in [3.05, 3.63) is 35.9 Å². The lowest BCUT2D eigenvalue weighted by Crippen LogP contribution is -2.52. The zero-order chi connectivity index (χ0) is 14.0. The first-order valence-electron chi connectivity index (χ1n) is 7.36. The van der Waals surface area contributed by atoms with Crippen LogP contribution in [0.1, 0.15) is 43.7 Å². The first-order valence-corrected chi connectivity index (χ1v) is 7.36. The van der Waals surface area contributed by atoms with E-state index in [-0.39, 0.29) is 11.6 Å². The van der Waals surface area contributed by atoms with Crippen LogP contribution in [0.3, 0.4) is 0 Å². The monoisotopic (exact) mass is 275 g/mol. The van der Waals surface area contributed by atoms with Gasteiger partial charge in [-0.2, -0.15) is 0 Å². The molecule has 1 aromatic rings. The number of ether oxygens (including phenoxy) is 1. The van der Waals surface area contributed by atoms with Crippen LogP contribution in [0.15, 0.2) is 30.3 Å². The molecular weight excluding hydrogens is 254 g/mol. The molecule has 0 aromatic heterocycles. The highest BCUT2D eigenvalue weighted by Gasteiger charge is 2.43. The molecule has 1 aliphatic heterocycles. The summed E-state index contributed by atoms with van der Waals surface area (Å²) in [6.07, 6.45) is 5.29. The van der Waals surface area contributed by atoms with Gasteiger partial charge in [0.15, 0.2) is 0 Å². The molecule has 3 rings (SSSR count). The van der Waals surface area contributed by atoms with Crippen molar-refractivity contribution < 1.29 is 14.6 Å². The van der Waals surface area contributed by atoms with Gasteiger partial charge in [0.1, 0.15) is 6.04 Å². The summed E-state index contributed by atoms with van der Waals surface area (Å²) in [6, 6.07) is 8.99. The summed E-state index contributed by atoms with van der Waals surface area (Å²) < 4.78 is 5.89. The fraction of sp³-hybridized carbons (Fsp3) is 0.562. The van der Waals surface area contributed by atoms with Gasteiger partial charge in [-0.15, -0.1) is 0 Å². The fourth-order valence-corrected chi connectivity index (χ4v) is 3.28. The molecule has 20 heavy (non-hydrogen) atoms. The van der Waals surface area contributed by atoms with Crippen molar-refractivity contribution in [3.8, 4) is 0 Å². The Balaban J connectivity index is 1.69. The molecule has 1 spiro atoms. The summed E-state index contributed by atoms with van der Waals surface area (Å²) in [5, 5.41) is 12.8. The Morgan fingerprint density at radius 2 is 2.10 bits per heavy atom. The number of rotatable bonds is 4. The van der Waals surface area contributed by atoms with Gasteiger partial charge in [0, 0.05) is 12.6 Å². The highest BCUT2D eigenvalue weighted by molar-refractivity contribution is 5.75. The highest BCUT2D eigenvalue weighted by atomic mass is 16.5. The Morgan fingerprint density at radius 3 is 2.70 bits per heavy atom. The van der Waals surface area contributed by atoms with E-state index in [1.807, 2.05) is 30.3 Å². The van der Waals surface area contributed by atoms with E-state index in [2.05, 4.69) is 5.32 Å². The van der Waals surface area contributed by atoms with Gasteiger partial charge in [-0.25, -0.2) is 0 Å². The molecule has 2 fully saturated rings. The number of carboxylic acid groups (broad SMARTS) is 1. The molecule has 1 aliphatic carbocycles. The van der Waals surface area contributed by atoms with E-state index in [9.17, 15) is 9.90 Å².